The highest BCUT2D eigenvalue weighted by molar-refractivity contribution is 5.83. The molecule has 1 amide bonds. The minimum Gasteiger partial charge on any atom is -0.496 e. The molecule has 1 aliphatic carbocycles. The first kappa shape index (κ1) is 16.3. The first-order chi connectivity index (χ1) is 10.7. The first-order valence-corrected chi connectivity index (χ1v) is 7.78. The van der Waals surface area contributed by atoms with Crippen LogP contribution in [0.3, 0.4) is 0 Å². The zero-order valence-corrected chi connectivity index (χ0v) is 13.2. The van der Waals surface area contributed by atoms with Crippen molar-refractivity contribution < 1.29 is 14.4 Å². The van der Waals surface area contributed by atoms with Gasteiger partial charge >= 0.3 is 0 Å². The number of benzene rings is 1. The second kappa shape index (κ2) is 8.41. The number of amides is 1. The second-order valence-electron chi connectivity index (χ2n) is 5.69. The van der Waals surface area contributed by atoms with E-state index in [0.29, 0.717) is 5.92 Å². The van der Waals surface area contributed by atoms with Gasteiger partial charge in [-0.1, -0.05) is 37.1 Å². The minimum absolute atomic E-state index is 0.0606. The van der Waals surface area contributed by atoms with Gasteiger partial charge < -0.3 is 14.9 Å². The summed E-state index contributed by atoms with van der Waals surface area (Å²) in [6.07, 6.45) is 6.22. The fourth-order valence-electron chi connectivity index (χ4n) is 2.74. The maximum Gasteiger partial charge on any atom is 0.261 e. The number of carbonyl (C=O) groups is 1. The topological polar surface area (TPSA) is 59.9 Å². The Labute approximate surface area is 131 Å². The molecule has 1 saturated carbocycles. The van der Waals surface area contributed by atoms with Crippen LogP contribution in [0, 0.1) is 5.92 Å². The van der Waals surface area contributed by atoms with E-state index in [9.17, 15) is 4.79 Å². The zero-order chi connectivity index (χ0) is 15.8. The molecule has 0 heterocycles. The molecule has 0 aliphatic heterocycles. The van der Waals surface area contributed by atoms with Crippen LogP contribution in [-0.2, 0) is 9.63 Å². The summed E-state index contributed by atoms with van der Waals surface area (Å²) < 4.78 is 5.21. The van der Waals surface area contributed by atoms with Crippen molar-refractivity contribution in [1.82, 2.24) is 5.32 Å². The lowest BCUT2D eigenvalue weighted by Gasteiger charge is -2.29. The van der Waals surface area contributed by atoms with Crippen LogP contribution in [0.15, 0.2) is 29.4 Å². The molecule has 1 aliphatic rings. The van der Waals surface area contributed by atoms with Crippen LogP contribution in [0.4, 0.5) is 0 Å². The summed E-state index contributed by atoms with van der Waals surface area (Å²) in [6, 6.07) is 7.76. The van der Waals surface area contributed by atoms with Crippen molar-refractivity contribution >= 4 is 12.1 Å². The van der Waals surface area contributed by atoms with Crippen molar-refractivity contribution in [3.05, 3.63) is 29.8 Å². The highest BCUT2D eigenvalue weighted by atomic mass is 16.6. The number of methoxy groups -OCH3 is 1. The lowest BCUT2D eigenvalue weighted by molar-refractivity contribution is -0.126. The standard InChI is InChI=1S/C17H24N2O3/c1-13-7-3-5-9-15(13)19-17(20)12-22-18-11-14-8-4-6-10-16(14)21-2/h4,6,8,10-11,13,15H,3,5,7,9,12H2,1-2H3,(H,19,20)/b18-11-/t13-,15+/m0/s1. The Hall–Kier alpha value is -2.04. The molecule has 0 bridgehead atoms. The van der Waals surface area contributed by atoms with Crippen molar-refractivity contribution in [2.45, 2.75) is 38.6 Å². The number of nitrogens with zero attached hydrogens (tertiary/aromatic N) is 1. The fraction of sp³-hybridized carbons (Fsp3) is 0.529. The van der Waals surface area contributed by atoms with E-state index in [1.54, 1.807) is 13.3 Å². The molecule has 1 aromatic rings. The highest BCUT2D eigenvalue weighted by Gasteiger charge is 2.22. The van der Waals surface area contributed by atoms with E-state index in [1.165, 1.54) is 19.3 Å². The number of oxime groups is 1. The normalized spacial score (nSPS) is 21.5. The van der Waals surface area contributed by atoms with Crippen LogP contribution in [0.2, 0.25) is 0 Å². The quantitative estimate of drug-likeness (QED) is 0.649. The van der Waals surface area contributed by atoms with Gasteiger partial charge in [0.05, 0.1) is 13.3 Å². The van der Waals surface area contributed by atoms with E-state index in [0.717, 1.165) is 17.7 Å². The summed E-state index contributed by atoms with van der Waals surface area (Å²) in [4.78, 5) is 16.9. The van der Waals surface area contributed by atoms with E-state index in [4.69, 9.17) is 9.57 Å². The van der Waals surface area contributed by atoms with Gasteiger partial charge in [0.25, 0.3) is 5.91 Å². The van der Waals surface area contributed by atoms with Gasteiger partial charge in [-0.2, -0.15) is 0 Å². The molecular formula is C17H24N2O3. The van der Waals surface area contributed by atoms with Crippen molar-refractivity contribution in [2.75, 3.05) is 13.7 Å². The monoisotopic (exact) mass is 304 g/mol. The summed E-state index contributed by atoms with van der Waals surface area (Å²) in [5, 5.41) is 6.86. The van der Waals surface area contributed by atoms with E-state index < -0.39 is 0 Å². The smallest absolute Gasteiger partial charge is 0.261 e. The Morgan fingerprint density at radius 2 is 2.14 bits per heavy atom. The Morgan fingerprint density at radius 3 is 2.91 bits per heavy atom. The van der Waals surface area contributed by atoms with E-state index in [-0.39, 0.29) is 18.6 Å². The summed E-state index contributed by atoms with van der Waals surface area (Å²) in [5.74, 6) is 1.14. The highest BCUT2D eigenvalue weighted by Crippen LogP contribution is 2.23. The van der Waals surface area contributed by atoms with Gasteiger partial charge in [0.1, 0.15) is 5.75 Å². The van der Waals surface area contributed by atoms with Crippen LogP contribution in [0.1, 0.15) is 38.2 Å². The molecule has 2 rings (SSSR count). The summed E-state index contributed by atoms with van der Waals surface area (Å²) in [6.45, 7) is 2.12. The molecule has 120 valence electrons. The van der Waals surface area contributed by atoms with Crippen LogP contribution in [-0.4, -0.2) is 31.9 Å². The molecule has 0 spiro atoms. The number of rotatable bonds is 6. The van der Waals surface area contributed by atoms with Crippen molar-refractivity contribution in [3.63, 3.8) is 0 Å². The number of para-hydroxylation sites is 1. The average Bonchev–Trinajstić information content (AvgIpc) is 2.54. The van der Waals surface area contributed by atoms with Crippen LogP contribution >= 0.6 is 0 Å². The molecule has 1 N–H and O–H groups in total. The molecule has 0 saturated heterocycles. The largest absolute Gasteiger partial charge is 0.496 e. The minimum atomic E-state index is -0.115. The lowest BCUT2D eigenvalue weighted by Crippen LogP contribution is -2.42. The van der Waals surface area contributed by atoms with Crippen LogP contribution in [0.5, 0.6) is 5.75 Å². The molecule has 0 unspecified atom stereocenters. The maximum atomic E-state index is 11.9. The Kier molecular flexibility index (Phi) is 6.25. The molecule has 2 atom stereocenters. The fourth-order valence-corrected chi connectivity index (χ4v) is 2.74. The number of ether oxygens (including phenoxy) is 1. The molecule has 0 aromatic heterocycles. The lowest BCUT2D eigenvalue weighted by atomic mass is 9.86. The van der Waals surface area contributed by atoms with Gasteiger partial charge in [0, 0.05) is 11.6 Å². The third-order valence-corrected chi connectivity index (χ3v) is 4.06. The van der Waals surface area contributed by atoms with Gasteiger partial charge in [-0.15, -0.1) is 0 Å². The Bertz CT molecular complexity index is 516. The predicted molar refractivity (Wildman–Crippen MR) is 86.1 cm³/mol. The van der Waals surface area contributed by atoms with Crippen LogP contribution < -0.4 is 10.1 Å². The average molecular weight is 304 g/mol. The number of hydrogen-bond donors (Lipinski definition) is 1. The molecule has 22 heavy (non-hydrogen) atoms. The second-order valence-corrected chi connectivity index (χ2v) is 5.69. The summed E-state index contributed by atoms with van der Waals surface area (Å²) >= 11 is 0. The molecular weight excluding hydrogens is 280 g/mol. The number of nitrogens with one attached hydrogen (secondary N) is 1. The van der Waals surface area contributed by atoms with Crippen molar-refractivity contribution in [1.29, 1.82) is 0 Å². The SMILES string of the molecule is COc1ccccc1/C=N\OCC(=O)N[C@@H]1CCCC[C@@H]1C. The summed E-state index contributed by atoms with van der Waals surface area (Å²) in [7, 11) is 1.60. The zero-order valence-electron chi connectivity index (χ0n) is 13.2. The van der Waals surface area contributed by atoms with Crippen LogP contribution in [0.25, 0.3) is 0 Å². The number of carbonyl (C=O) groups excluding carboxylic acids is 1. The van der Waals surface area contributed by atoms with E-state index >= 15 is 0 Å². The molecule has 0 radical (unpaired) electrons. The molecule has 5 heteroatoms. The van der Waals surface area contributed by atoms with Crippen molar-refractivity contribution in [2.24, 2.45) is 11.1 Å². The van der Waals surface area contributed by atoms with Gasteiger partial charge in [-0.25, -0.2) is 0 Å². The van der Waals surface area contributed by atoms with Crippen molar-refractivity contribution in [3.8, 4) is 5.75 Å². The van der Waals surface area contributed by atoms with Gasteiger partial charge in [-0.05, 0) is 30.9 Å². The molecule has 1 aromatic carbocycles. The predicted octanol–water partition coefficient (Wildman–Crippen LogP) is 2.74. The van der Waals surface area contributed by atoms with Gasteiger partial charge in [0.15, 0.2) is 6.61 Å². The maximum absolute atomic E-state index is 11.9. The van der Waals surface area contributed by atoms with E-state index in [1.807, 2.05) is 24.3 Å². The first-order valence-electron chi connectivity index (χ1n) is 7.78. The number of hydrogen-bond acceptors (Lipinski definition) is 4. The Balaban J connectivity index is 1.75. The molecule has 5 nitrogen and oxygen atoms in total. The van der Waals surface area contributed by atoms with Gasteiger partial charge in [-0.3, -0.25) is 4.79 Å². The third-order valence-electron chi connectivity index (χ3n) is 4.06. The Morgan fingerprint density at radius 1 is 1.36 bits per heavy atom. The molecule has 1 fully saturated rings. The third kappa shape index (κ3) is 4.76. The van der Waals surface area contributed by atoms with Gasteiger partial charge in [0.2, 0.25) is 0 Å². The van der Waals surface area contributed by atoms with E-state index in [2.05, 4.69) is 17.4 Å². The summed E-state index contributed by atoms with van der Waals surface area (Å²) in [5.41, 5.74) is 0.811.